The van der Waals surface area contributed by atoms with Crippen molar-refractivity contribution in [3.8, 4) is 5.88 Å². The van der Waals surface area contributed by atoms with Gasteiger partial charge >= 0.3 is 0 Å². The number of aromatic amines is 1. The third kappa shape index (κ3) is 1.87. The van der Waals surface area contributed by atoms with Crippen LogP contribution in [-0.2, 0) is 6.54 Å². The van der Waals surface area contributed by atoms with Crippen LogP contribution in [-0.4, -0.2) is 21.6 Å². The van der Waals surface area contributed by atoms with Crippen LogP contribution in [0.25, 0.3) is 11.2 Å². The van der Waals surface area contributed by atoms with Gasteiger partial charge in [0, 0.05) is 12.6 Å². The molecule has 2 aliphatic rings. The fourth-order valence-corrected chi connectivity index (χ4v) is 4.40. The van der Waals surface area contributed by atoms with Gasteiger partial charge in [-0.05, 0) is 55.3 Å². The van der Waals surface area contributed by atoms with E-state index < -0.39 is 0 Å². The predicted molar refractivity (Wildman–Crippen MR) is 80.4 cm³/mol. The maximum absolute atomic E-state index is 5.48. The van der Waals surface area contributed by atoms with Gasteiger partial charge in [-0.25, -0.2) is 0 Å². The molecular weight excluding hydrogens is 270 g/mol. The normalized spacial score (nSPS) is 28.4. The van der Waals surface area contributed by atoms with Gasteiger partial charge in [-0.2, -0.15) is 4.98 Å². The van der Waals surface area contributed by atoms with Crippen LogP contribution in [0.1, 0.15) is 25.7 Å². The molecule has 2 heterocycles. The van der Waals surface area contributed by atoms with E-state index in [-0.39, 0.29) is 0 Å². The molecule has 0 aliphatic heterocycles. The molecule has 4 nitrogen and oxygen atoms in total. The maximum atomic E-state index is 5.48. The van der Waals surface area contributed by atoms with Crippen LogP contribution in [0.5, 0.6) is 5.88 Å². The van der Waals surface area contributed by atoms with E-state index in [1.165, 1.54) is 25.7 Å². The zero-order valence-electron chi connectivity index (χ0n) is 11.6. The van der Waals surface area contributed by atoms with Crippen LogP contribution in [0.3, 0.4) is 0 Å². The van der Waals surface area contributed by atoms with Gasteiger partial charge in [0.2, 0.25) is 5.88 Å². The number of pyridine rings is 1. The molecule has 0 radical (unpaired) electrons. The Labute approximate surface area is 123 Å². The molecular formula is C15H19N3OS. The Bertz CT molecular complexity index is 705. The van der Waals surface area contributed by atoms with Crippen molar-refractivity contribution in [3.63, 3.8) is 0 Å². The molecule has 3 unspecified atom stereocenters. The van der Waals surface area contributed by atoms with Crippen LogP contribution in [0.2, 0.25) is 0 Å². The first-order valence-electron chi connectivity index (χ1n) is 7.38. The van der Waals surface area contributed by atoms with Crippen molar-refractivity contribution in [1.82, 2.24) is 14.5 Å². The minimum atomic E-state index is 0.646. The van der Waals surface area contributed by atoms with Crippen molar-refractivity contribution in [1.29, 1.82) is 0 Å². The number of methoxy groups -OCH3 is 1. The molecule has 0 saturated heterocycles. The first kappa shape index (κ1) is 12.4. The number of hydrogen-bond donors (Lipinski definition) is 1. The van der Waals surface area contributed by atoms with Gasteiger partial charge in [0.05, 0.1) is 12.6 Å². The minimum absolute atomic E-state index is 0.646. The van der Waals surface area contributed by atoms with E-state index in [0.29, 0.717) is 5.88 Å². The molecule has 0 spiro atoms. The lowest BCUT2D eigenvalue weighted by Crippen LogP contribution is -2.17. The summed E-state index contributed by atoms with van der Waals surface area (Å²) in [5.74, 6) is 3.28. The Morgan fingerprint density at radius 3 is 3.00 bits per heavy atom. The quantitative estimate of drug-likeness (QED) is 0.879. The van der Waals surface area contributed by atoms with E-state index in [9.17, 15) is 0 Å². The number of H-pyrrole nitrogens is 1. The van der Waals surface area contributed by atoms with E-state index in [0.717, 1.165) is 40.2 Å². The van der Waals surface area contributed by atoms with Crippen LogP contribution in [0.4, 0.5) is 0 Å². The van der Waals surface area contributed by atoms with E-state index in [1.807, 2.05) is 12.1 Å². The molecule has 2 bridgehead atoms. The molecule has 2 fully saturated rings. The van der Waals surface area contributed by atoms with E-state index in [2.05, 4.69) is 14.5 Å². The van der Waals surface area contributed by atoms with E-state index >= 15 is 0 Å². The summed E-state index contributed by atoms with van der Waals surface area (Å²) in [6.07, 6.45) is 5.63. The fourth-order valence-electron chi connectivity index (χ4n) is 4.13. The highest BCUT2D eigenvalue weighted by atomic mass is 32.1. The number of nitrogens with zero attached hydrogens (tertiary/aromatic N) is 2. The number of hydrogen-bond acceptors (Lipinski definition) is 3. The summed E-state index contributed by atoms with van der Waals surface area (Å²) in [6.45, 7) is 1.00. The zero-order chi connectivity index (χ0) is 13.7. The number of nitrogens with one attached hydrogen (secondary N) is 1. The van der Waals surface area contributed by atoms with Gasteiger partial charge in [0.1, 0.15) is 0 Å². The molecule has 5 heteroatoms. The van der Waals surface area contributed by atoms with Gasteiger partial charge in [0.15, 0.2) is 10.4 Å². The first-order chi connectivity index (χ1) is 9.74. The molecule has 4 rings (SSSR count). The third-order valence-electron chi connectivity index (χ3n) is 5.10. The highest BCUT2D eigenvalue weighted by Crippen LogP contribution is 2.49. The standard InChI is InChI=1S/C15H19N3OS/c1-19-13-5-4-12-14(17-13)18(15(20)16-12)8-11-7-9-2-3-10(11)6-9/h4-5,9-11H,2-3,6-8H2,1H3,(H,16,20). The van der Waals surface area contributed by atoms with Crippen LogP contribution in [0.15, 0.2) is 12.1 Å². The summed E-state index contributed by atoms with van der Waals surface area (Å²) in [5, 5.41) is 0. The summed E-state index contributed by atoms with van der Waals surface area (Å²) >= 11 is 5.48. The first-order valence-corrected chi connectivity index (χ1v) is 7.79. The van der Waals surface area contributed by atoms with Gasteiger partial charge < -0.3 is 14.3 Å². The molecule has 20 heavy (non-hydrogen) atoms. The molecule has 106 valence electrons. The van der Waals surface area contributed by atoms with Crippen LogP contribution < -0.4 is 4.74 Å². The Hall–Kier alpha value is -1.36. The highest BCUT2D eigenvalue weighted by Gasteiger charge is 2.39. The Balaban J connectivity index is 1.71. The molecule has 2 saturated carbocycles. The average Bonchev–Trinajstić information content (AvgIpc) is 3.14. The SMILES string of the molecule is COc1ccc2[nH]c(=S)n(CC3CC4CCC3C4)c2n1. The fraction of sp³-hybridized carbons (Fsp3) is 0.600. The van der Waals surface area contributed by atoms with Crippen molar-refractivity contribution in [3.05, 3.63) is 16.9 Å². The van der Waals surface area contributed by atoms with Crippen molar-refractivity contribution < 1.29 is 4.74 Å². The number of fused-ring (bicyclic) bond motifs is 3. The second-order valence-electron chi connectivity index (χ2n) is 6.20. The monoisotopic (exact) mass is 289 g/mol. The van der Waals surface area contributed by atoms with Crippen molar-refractivity contribution >= 4 is 23.4 Å². The Morgan fingerprint density at radius 2 is 2.30 bits per heavy atom. The molecule has 0 amide bonds. The number of imidazole rings is 1. The summed E-state index contributed by atoms with van der Waals surface area (Å²) in [7, 11) is 1.65. The summed E-state index contributed by atoms with van der Waals surface area (Å²) in [4.78, 5) is 7.82. The van der Waals surface area contributed by atoms with Gasteiger partial charge in [0.25, 0.3) is 0 Å². The third-order valence-corrected chi connectivity index (χ3v) is 5.43. The largest absolute Gasteiger partial charge is 0.481 e. The molecule has 2 aliphatic carbocycles. The Kier molecular flexibility index (Phi) is 2.84. The summed E-state index contributed by atoms with van der Waals surface area (Å²) in [5.41, 5.74) is 1.93. The molecule has 0 aromatic carbocycles. The maximum Gasteiger partial charge on any atom is 0.215 e. The summed E-state index contributed by atoms with van der Waals surface area (Å²) in [6, 6.07) is 3.86. The second kappa shape index (κ2) is 4.58. The van der Waals surface area contributed by atoms with E-state index in [1.54, 1.807) is 7.11 Å². The number of aromatic nitrogens is 3. The zero-order valence-corrected chi connectivity index (χ0v) is 12.4. The summed E-state index contributed by atoms with van der Waals surface area (Å²) < 4.78 is 8.18. The van der Waals surface area contributed by atoms with Crippen molar-refractivity contribution in [2.24, 2.45) is 17.8 Å². The Morgan fingerprint density at radius 1 is 1.40 bits per heavy atom. The second-order valence-corrected chi connectivity index (χ2v) is 6.59. The number of rotatable bonds is 3. The highest BCUT2D eigenvalue weighted by molar-refractivity contribution is 7.71. The van der Waals surface area contributed by atoms with Crippen LogP contribution >= 0.6 is 12.2 Å². The lowest BCUT2D eigenvalue weighted by molar-refractivity contribution is 0.296. The molecule has 3 atom stereocenters. The van der Waals surface area contributed by atoms with Crippen molar-refractivity contribution in [2.75, 3.05) is 7.11 Å². The van der Waals surface area contributed by atoms with Gasteiger partial charge in [-0.15, -0.1) is 0 Å². The smallest absolute Gasteiger partial charge is 0.215 e. The minimum Gasteiger partial charge on any atom is -0.481 e. The molecule has 2 aromatic heterocycles. The lowest BCUT2D eigenvalue weighted by Gasteiger charge is -2.22. The average molecular weight is 289 g/mol. The van der Waals surface area contributed by atoms with Gasteiger partial charge in [-0.3, -0.25) is 0 Å². The molecule has 2 aromatic rings. The van der Waals surface area contributed by atoms with Crippen LogP contribution in [0, 0.1) is 22.5 Å². The lowest BCUT2D eigenvalue weighted by atomic mass is 9.89. The molecule has 1 N–H and O–H groups in total. The van der Waals surface area contributed by atoms with E-state index in [4.69, 9.17) is 17.0 Å². The predicted octanol–water partition coefficient (Wildman–Crippen LogP) is 3.54. The topological polar surface area (TPSA) is 42.8 Å². The van der Waals surface area contributed by atoms with Gasteiger partial charge in [-0.1, -0.05) is 6.42 Å². The number of ether oxygens (including phenoxy) is 1. The van der Waals surface area contributed by atoms with Crippen molar-refractivity contribution in [2.45, 2.75) is 32.2 Å².